The Morgan fingerprint density at radius 2 is 1.77 bits per heavy atom. The molecule has 26 heavy (non-hydrogen) atoms. The number of carbonyl (C=O) groups excluding carboxylic acids is 1. The SMILES string of the molecule is O=C(OCCOCCOc1ccncc1)c1cc2ccccc2oc1=O. The van der Waals surface area contributed by atoms with Crippen molar-refractivity contribution in [2.24, 2.45) is 0 Å². The predicted octanol–water partition coefficient (Wildman–Crippen LogP) is 2.44. The molecule has 7 heteroatoms. The Hall–Kier alpha value is -3.19. The van der Waals surface area contributed by atoms with Gasteiger partial charge in [-0.1, -0.05) is 18.2 Å². The van der Waals surface area contributed by atoms with E-state index in [2.05, 4.69) is 4.98 Å². The molecular weight excluding hydrogens is 338 g/mol. The van der Waals surface area contributed by atoms with E-state index in [9.17, 15) is 9.59 Å². The third-order valence-electron chi connectivity index (χ3n) is 3.47. The van der Waals surface area contributed by atoms with Gasteiger partial charge in [0, 0.05) is 17.8 Å². The van der Waals surface area contributed by atoms with E-state index in [0.717, 1.165) is 0 Å². The van der Waals surface area contributed by atoms with Crippen molar-refractivity contribution in [3.63, 3.8) is 0 Å². The summed E-state index contributed by atoms with van der Waals surface area (Å²) in [4.78, 5) is 27.8. The highest BCUT2D eigenvalue weighted by Crippen LogP contribution is 2.13. The Balaban J connectivity index is 1.40. The summed E-state index contributed by atoms with van der Waals surface area (Å²) in [6, 6.07) is 11.9. The highest BCUT2D eigenvalue weighted by atomic mass is 16.6. The maximum absolute atomic E-state index is 12.0. The Morgan fingerprint density at radius 1 is 1.00 bits per heavy atom. The van der Waals surface area contributed by atoms with Gasteiger partial charge in [-0.3, -0.25) is 4.98 Å². The van der Waals surface area contributed by atoms with Crippen LogP contribution in [-0.2, 0) is 9.47 Å². The molecule has 3 rings (SSSR count). The summed E-state index contributed by atoms with van der Waals surface area (Å²) in [6.07, 6.45) is 3.28. The molecule has 0 saturated carbocycles. The number of rotatable bonds is 8. The lowest BCUT2D eigenvalue weighted by Crippen LogP contribution is -2.19. The first-order valence-electron chi connectivity index (χ1n) is 8.04. The summed E-state index contributed by atoms with van der Waals surface area (Å²) >= 11 is 0. The summed E-state index contributed by atoms with van der Waals surface area (Å²) in [5, 5.41) is 0.656. The van der Waals surface area contributed by atoms with E-state index in [4.69, 9.17) is 18.6 Å². The zero-order chi connectivity index (χ0) is 18.2. The Bertz CT molecular complexity index is 922. The fourth-order valence-corrected chi connectivity index (χ4v) is 2.23. The first-order chi connectivity index (χ1) is 12.7. The summed E-state index contributed by atoms with van der Waals surface area (Å²) in [5.41, 5.74) is -0.434. The highest BCUT2D eigenvalue weighted by molar-refractivity contribution is 5.92. The van der Waals surface area contributed by atoms with Gasteiger partial charge in [0.15, 0.2) is 0 Å². The zero-order valence-electron chi connectivity index (χ0n) is 13.9. The van der Waals surface area contributed by atoms with Crippen LogP contribution in [0.25, 0.3) is 11.0 Å². The average Bonchev–Trinajstić information content (AvgIpc) is 2.67. The van der Waals surface area contributed by atoms with Crippen LogP contribution < -0.4 is 10.4 Å². The molecule has 0 N–H and O–H groups in total. The van der Waals surface area contributed by atoms with Gasteiger partial charge in [0.1, 0.15) is 30.1 Å². The highest BCUT2D eigenvalue weighted by Gasteiger charge is 2.14. The largest absolute Gasteiger partial charge is 0.491 e. The molecule has 0 radical (unpaired) electrons. The molecule has 0 atom stereocenters. The molecule has 0 amide bonds. The number of aromatic nitrogens is 1. The van der Waals surface area contributed by atoms with Gasteiger partial charge in [-0.15, -0.1) is 0 Å². The van der Waals surface area contributed by atoms with Crippen molar-refractivity contribution in [1.29, 1.82) is 0 Å². The first kappa shape index (κ1) is 17.6. The second kappa shape index (κ2) is 8.77. The van der Waals surface area contributed by atoms with E-state index >= 15 is 0 Å². The summed E-state index contributed by atoms with van der Waals surface area (Å²) < 4.78 is 20.9. The van der Waals surface area contributed by atoms with Gasteiger partial charge in [0.25, 0.3) is 0 Å². The molecule has 134 valence electrons. The van der Waals surface area contributed by atoms with Gasteiger partial charge in [0.2, 0.25) is 0 Å². The molecule has 0 fully saturated rings. The van der Waals surface area contributed by atoms with Crippen LogP contribution in [0.5, 0.6) is 5.75 Å². The van der Waals surface area contributed by atoms with Crippen LogP contribution in [0.1, 0.15) is 10.4 Å². The molecule has 0 saturated heterocycles. The van der Waals surface area contributed by atoms with Crippen LogP contribution in [0.2, 0.25) is 0 Å². The molecule has 0 aliphatic heterocycles. The lowest BCUT2D eigenvalue weighted by Gasteiger charge is -2.07. The van der Waals surface area contributed by atoms with Gasteiger partial charge in [-0.25, -0.2) is 9.59 Å². The third kappa shape index (κ3) is 4.67. The topological polar surface area (TPSA) is 87.9 Å². The first-order valence-corrected chi connectivity index (χ1v) is 8.04. The van der Waals surface area contributed by atoms with Crippen molar-refractivity contribution in [2.45, 2.75) is 0 Å². The second-order valence-electron chi connectivity index (χ2n) is 5.27. The van der Waals surface area contributed by atoms with Crippen molar-refractivity contribution in [3.8, 4) is 5.75 Å². The van der Waals surface area contributed by atoms with Gasteiger partial charge in [0.05, 0.1) is 13.2 Å². The number of pyridine rings is 1. The fraction of sp³-hybridized carbons (Fsp3) is 0.211. The van der Waals surface area contributed by atoms with Crippen molar-refractivity contribution in [2.75, 3.05) is 26.4 Å². The molecule has 0 aliphatic carbocycles. The number of para-hydroxylation sites is 1. The predicted molar refractivity (Wildman–Crippen MR) is 93.3 cm³/mol. The number of hydrogen-bond donors (Lipinski definition) is 0. The Kier molecular flexibility index (Phi) is 5.95. The van der Waals surface area contributed by atoms with E-state index in [1.165, 1.54) is 6.07 Å². The number of nitrogens with zero attached hydrogens (tertiary/aromatic N) is 1. The summed E-state index contributed by atoms with van der Waals surface area (Å²) in [5.74, 6) is -0.0285. The number of ether oxygens (including phenoxy) is 3. The summed E-state index contributed by atoms with van der Waals surface area (Å²) in [6.45, 7) is 0.939. The minimum Gasteiger partial charge on any atom is -0.491 e. The van der Waals surface area contributed by atoms with Crippen LogP contribution in [0.3, 0.4) is 0 Å². The molecule has 1 aromatic carbocycles. The molecule has 0 aliphatic rings. The molecule has 0 bridgehead atoms. The lowest BCUT2D eigenvalue weighted by molar-refractivity contribution is 0.0269. The minimum absolute atomic E-state index is 0.0281. The quantitative estimate of drug-likeness (QED) is 0.348. The van der Waals surface area contributed by atoms with Crippen LogP contribution in [0.4, 0.5) is 0 Å². The van der Waals surface area contributed by atoms with Gasteiger partial charge in [-0.05, 0) is 24.3 Å². The molecule has 0 spiro atoms. The minimum atomic E-state index is -0.735. The maximum atomic E-state index is 12.0. The molecule has 3 aromatic rings. The summed E-state index contributed by atoms with van der Waals surface area (Å²) in [7, 11) is 0. The molecule has 7 nitrogen and oxygen atoms in total. The van der Waals surface area contributed by atoms with Crippen LogP contribution in [0.15, 0.2) is 64.1 Å². The monoisotopic (exact) mass is 355 g/mol. The molecule has 2 heterocycles. The van der Waals surface area contributed by atoms with E-state index in [1.807, 2.05) is 0 Å². The van der Waals surface area contributed by atoms with Crippen LogP contribution >= 0.6 is 0 Å². The maximum Gasteiger partial charge on any atom is 0.351 e. The number of hydrogen-bond acceptors (Lipinski definition) is 7. The van der Waals surface area contributed by atoms with Crippen molar-refractivity contribution >= 4 is 16.9 Å². The third-order valence-corrected chi connectivity index (χ3v) is 3.47. The number of carbonyl (C=O) groups is 1. The van der Waals surface area contributed by atoms with Crippen LogP contribution in [0, 0.1) is 0 Å². The van der Waals surface area contributed by atoms with E-state index in [-0.39, 0.29) is 18.8 Å². The van der Waals surface area contributed by atoms with Crippen molar-refractivity contribution in [3.05, 3.63) is 70.8 Å². The average molecular weight is 355 g/mol. The molecular formula is C19H17NO6. The van der Waals surface area contributed by atoms with E-state index < -0.39 is 11.6 Å². The zero-order valence-corrected chi connectivity index (χ0v) is 13.9. The van der Waals surface area contributed by atoms with Gasteiger partial charge in [-0.2, -0.15) is 0 Å². The van der Waals surface area contributed by atoms with Gasteiger partial charge >= 0.3 is 11.6 Å². The Labute approximate surface area is 149 Å². The standard InChI is InChI=1S/C19H17NO6/c21-18(16-13-14-3-1-2-4-17(14)26-19(16)22)25-12-10-23-9-11-24-15-5-7-20-8-6-15/h1-8,13H,9-12H2. The van der Waals surface area contributed by atoms with Crippen LogP contribution in [-0.4, -0.2) is 37.4 Å². The number of benzene rings is 1. The smallest absolute Gasteiger partial charge is 0.351 e. The Morgan fingerprint density at radius 3 is 2.62 bits per heavy atom. The second-order valence-corrected chi connectivity index (χ2v) is 5.27. The normalized spacial score (nSPS) is 10.6. The van der Waals surface area contributed by atoms with E-state index in [1.54, 1.807) is 48.8 Å². The fourth-order valence-electron chi connectivity index (χ4n) is 2.23. The molecule has 0 unspecified atom stereocenters. The molecule has 2 aromatic heterocycles. The number of esters is 1. The lowest BCUT2D eigenvalue weighted by atomic mass is 10.2. The van der Waals surface area contributed by atoms with Gasteiger partial charge < -0.3 is 18.6 Å². The van der Waals surface area contributed by atoms with E-state index in [0.29, 0.717) is 29.9 Å². The van der Waals surface area contributed by atoms with Crippen molar-refractivity contribution < 1.29 is 23.4 Å². The number of fused-ring (bicyclic) bond motifs is 1. The van der Waals surface area contributed by atoms with Crippen molar-refractivity contribution in [1.82, 2.24) is 4.98 Å².